The highest BCUT2D eigenvalue weighted by atomic mass is 32.5. The van der Waals surface area contributed by atoms with Gasteiger partial charge >= 0.3 is 6.72 Å². The molecule has 11 N–H and O–H groups in total. The summed E-state index contributed by atoms with van der Waals surface area (Å²) in [7, 11) is 3.06. The topological polar surface area (TPSA) is 299 Å². The summed E-state index contributed by atoms with van der Waals surface area (Å²) in [4.78, 5) is 78.8. The summed E-state index contributed by atoms with van der Waals surface area (Å²) in [6.07, 6.45) is 7.61. The molecule has 0 saturated heterocycles. The number of amides is 4. The molecule has 21 nitrogen and oxygen atoms in total. The standard InChI is InChI=1S/C47H57N7O7S.C10H20NO5PS.C2H6.CH4O/c1-33(11-9-10-20-50-32-55)51-46(56)39-30-36(18-19-40(39)52-47(57)43-29-34-12-4-8-17-42(34)62-43)61-28-27-60-26-25-59-24-23-58-22-21-54(49)45-37-14-5-3-13-35(37)31-53(2)41-16-7-6-15-38(41)44(45)48;12-8-5-6-10(13)11-7-3-1-2-4-9-16-17(14,15)18;2*1-2/h3-8,12-19,29-30,32-33H,9-11,20-28,31,48-49H2,1-2H3,(H,50,55)(H,51,56)(H,52,57);8H,1-7,9H2,(H,11,13)(H2,14,15,18);1-2H3;2H,1H3/b45-44-;;;. The van der Waals surface area contributed by atoms with Crippen LogP contribution >= 0.6 is 18.1 Å². The Hall–Kier alpha value is -6.34. The Morgan fingerprint density at radius 1 is 0.786 bits per heavy atom. The van der Waals surface area contributed by atoms with Crippen molar-refractivity contribution in [3.63, 3.8) is 0 Å². The number of aliphatic hydroxyl groups is 1. The Morgan fingerprint density at radius 2 is 1.43 bits per heavy atom. The molecule has 1 aromatic heterocycles. The summed E-state index contributed by atoms with van der Waals surface area (Å²) >= 11 is 5.69. The van der Waals surface area contributed by atoms with Crippen LogP contribution in [0.25, 0.3) is 21.5 Å². The Balaban J connectivity index is 0.000000715. The van der Waals surface area contributed by atoms with E-state index in [1.165, 1.54) is 11.3 Å². The van der Waals surface area contributed by atoms with Crippen LogP contribution in [0.1, 0.15) is 115 Å². The number of aliphatic hydroxyl groups excluding tert-OH is 1. The fourth-order valence-electron chi connectivity index (χ4n) is 8.45. The third kappa shape index (κ3) is 26.7. The highest BCUT2D eigenvalue weighted by Crippen LogP contribution is 2.37. The number of rotatable bonds is 35. The zero-order valence-corrected chi connectivity index (χ0v) is 51.6. The molecule has 0 bridgehead atoms. The average molecular weight is 1220 g/mol. The molecule has 24 heteroatoms. The largest absolute Gasteiger partial charge is 0.491 e. The summed E-state index contributed by atoms with van der Waals surface area (Å²) < 4.78 is 28.9. The minimum absolute atomic E-state index is 0.105. The van der Waals surface area contributed by atoms with Crippen molar-refractivity contribution in [1.29, 1.82) is 0 Å². The first-order valence-corrected chi connectivity index (χ1v) is 31.7. The second-order valence-electron chi connectivity index (χ2n) is 18.7. The van der Waals surface area contributed by atoms with E-state index in [4.69, 9.17) is 45.4 Å². The Kier molecular flexibility index (Phi) is 35.7. The molecule has 0 aliphatic carbocycles. The van der Waals surface area contributed by atoms with E-state index in [1.54, 1.807) is 23.2 Å². The molecule has 4 aromatic carbocycles. The van der Waals surface area contributed by atoms with Gasteiger partial charge in [-0.25, -0.2) is 5.84 Å². The lowest BCUT2D eigenvalue weighted by molar-refractivity contribution is -0.122. The molecule has 6 rings (SSSR count). The summed E-state index contributed by atoms with van der Waals surface area (Å²) in [5.74, 6) is 6.37. The number of fused-ring (bicyclic) bond motifs is 3. The van der Waals surface area contributed by atoms with Gasteiger partial charge in [0.1, 0.15) is 18.6 Å². The van der Waals surface area contributed by atoms with Gasteiger partial charge < -0.3 is 80.1 Å². The van der Waals surface area contributed by atoms with Crippen LogP contribution in [0.15, 0.2) is 97.1 Å². The predicted octanol–water partition coefficient (Wildman–Crippen LogP) is 7.73. The van der Waals surface area contributed by atoms with Gasteiger partial charge in [0, 0.05) is 74.2 Å². The molecule has 1 aliphatic heterocycles. The summed E-state index contributed by atoms with van der Waals surface area (Å²) in [6.45, 7) is 7.46. The monoisotopic (exact) mass is 1220 g/mol. The fourth-order valence-corrected chi connectivity index (χ4v) is 10.00. The molecule has 4 amide bonds. The van der Waals surface area contributed by atoms with Crippen LogP contribution in [0.3, 0.4) is 0 Å². The molecule has 5 aromatic rings. The first-order valence-electron chi connectivity index (χ1n) is 28.2. The van der Waals surface area contributed by atoms with E-state index >= 15 is 0 Å². The van der Waals surface area contributed by atoms with Gasteiger partial charge in [-0.1, -0.05) is 87.4 Å². The number of hydrogen-bond donors (Lipinski definition) is 9. The lowest BCUT2D eigenvalue weighted by Gasteiger charge is -2.32. The van der Waals surface area contributed by atoms with E-state index in [-0.39, 0.29) is 55.4 Å². The number of nitrogens with zero attached hydrogens (tertiary/aromatic N) is 2. The highest BCUT2D eigenvalue weighted by Gasteiger charge is 2.24. The Labute approximate surface area is 503 Å². The van der Waals surface area contributed by atoms with Gasteiger partial charge in [0.15, 0.2) is 0 Å². The number of ether oxygens (including phenoxy) is 4. The van der Waals surface area contributed by atoms with E-state index in [2.05, 4.69) is 67.7 Å². The molecule has 1 aliphatic rings. The highest BCUT2D eigenvalue weighted by molar-refractivity contribution is 8.06. The molecule has 0 saturated carbocycles. The second kappa shape index (κ2) is 41.6. The van der Waals surface area contributed by atoms with Crippen LogP contribution in [0.4, 0.5) is 11.4 Å². The quantitative estimate of drug-likeness (QED) is 0.00616. The van der Waals surface area contributed by atoms with Crippen LogP contribution in [0.2, 0.25) is 0 Å². The molecule has 1 atom stereocenters. The smallest absolute Gasteiger partial charge is 0.321 e. The minimum atomic E-state index is -3.50. The van der Waals surface area contributed by atoms with Gasteiger partial charge in [0.2, 0.25) is 12.3 Å². The third-order valence-electron chi connectivity index (χ3n) is 12.5. The number of unbranched alkanes of at least 4 members (excludes halogenated alkanes) is 4. The molecule has 1 unspecified atom stereocenters. The van der Waals surface area contributed by atoms with Crippen LogP contribution in [-0.2, 0) is 51.5 Å². The lowest BCUT2D eigenvalue weighted by atomic mass is 9.96. The number of thiophene rings is 1. The Bertz CT molecular complexity index is 2800. The molecule has 0 fully saturated rings. The van der Waals surface area contributed by atoms with Crippen LogP contribution in [-0.4, -0.2) is 143 Å². The number of nitrogens with one attached hydrogen (secondary N) is 4. The number of carbonyl (C=O) groups excluding carboxylic acids is 5. The fraction of sp³-hybridized carbons (Fsp3) is 0.450. The maximum absolute atomic E-state index is 13.6. The normalized spacial score (nSPS) is 12.8. The van der Waals surface area contributed by atoms with Crippen molar-refractivity contribution < 1.29 is 62.3 Å². The Morgan fingerprint density at radius 3 is 2.13 bits per heavy atom. The number of benzene rings is 4. The van der Waals surface area contributed by atoms with Crippen LogP contribution < -0.4 is 42.5 Å². The zero-order chi connectivity index (χ0) is 61.5. The van der Waals surface area contributed by atoms with Crippen molar-refractivity contribution in [3.05, 3.63) is 124 Å². The first-order chi connectivity index (χ1) is 40.7. The van der Waals surface area contributed by atoms with Crippen LogP contribution in [0, 0.1) is 0 Å². The van der Waals surface area contributed by atoms with Gasteiger partial charge in [-0.05, 0) is 98.2 Å². The summed E-state index contributed by atoms with van der Waals surface area (Å²) in [6, 6.07) is 30.8. The van der Waals surface area contributed by atoms with Gasteiger partial charge in [0.25, 0.3) is 11.8 Å². The number of carbonyl (C=O) groups is 5. The number of aldehydes is 1. The van der Waals surface area contributed by atoms with E-state index in [0.717, 1.165) is 96.6 Å². The molecule has 0 spiro atoms. The van der Waals surface area contributed by atoms with E-state index in [1.807, 2.05) is 81.4 Å². The van der Waals surface area contributed by atoms with Crippen molar-refractivity contribution in [2.24, 2.45) is 11.6 Å². The van der Waals surface area contributed by atoms with Crippen LogP contribution in [0.5, 0.6) is 5.75 Å². The van der Waals surface area contributed by atoms with Crippen molar-refractivity contribution in [1.82, 2.24) is 21.0 Å². The minimum Gasteiger partial charge on any atom is -0.491 e. The maximum Gasteiger partial charge on any atom is 0.321 e. The van der Waals surface area contributed by atoms with Gasteiger partial charge in [0.05, 0.1) is 80.3 Å². The maximum atomic E-state index is 13.6. The molecule has 462 valence electrons. The number of para-hydroxylation sites is 1. The number of hydrazine groups is 1. The van der Waals surface area contributed by atoms with Crippen molar-refractivity contribution in [2.45, 2.75) is 91.1 Å². The van der Waals surface area contributed by atoms with E-state index in [0.29, 0.717) is 94.1 Å². The molecular weight excluding hydrogens is 1140 g/mol. The predicted molar refractivity (Wildman–Crippen MR) is 337 cm³/mol. The van der Waals surface area contributed by atoms with Gasteiger partial charge in [-0.3, -0.25) is 19.2 Å². The summed E-state index contributed by atoms with van der Waals surface area (Å²) in [5, 5.41) is 21.0. The molecule has 0 radical (unpaired) electrons. The van der Waals surface area contributed by atoms with Crippen molar-refractivity contribution in [2.75, 3.05) is 96.9 Å². The SMILES string of the molecule is CC.CC(CCCCNC=O)NC(=O)c1cc(OCCOCCOCCOCCN(N)/C2=C(\N)c3ccccc3N(C)Cc3ccccc32)ccc1NC(=O)c1cc2ccccc2s1.CO.O=CCCC(=O)NCCCCCCOP(O)(O)=S. The zero-order valence-electron chi connectivity index (χ0n) is 49.1. The number of nitrogens with two attached hydrogens (primary N) is 2. The van der Waals surface area contributed by atoms with E-state index < -0.39 is 6.72 Å². The average Bonchev–Trinajstić information content (AvgIpc) is 2.84. The first kappa shape index (κ1) is 71.9. The third-order valence-corrected chi connectivity index (χ3v) is 14.4. The van der Waals surface area contributed by atoms with Crippen molar-refractivity contribution >= 4 is 93.1 Å². The number of anilines is 2. The summed E-state index contributed by atoms with van der Waals surface area (Å²) in [5.41, 5.74) is 13.0. The molecule has 84 heavy (non-hydrogen) atoms. The van der Waals surface area contributed by atoms with Crippen molar-refractivity contribution in [3.8, 4) is 5.75 Å². The lowest BCUT2D eigenvalue weighted by Crippen LogP contribution is -2.36. The second-order valence-corrected chi connectivity index (χ2v) is 22.5. The van der Waals surface area contributed by atoms with Gasteiger partial charge in [-0.2, -0.15) is 0 Å². The molecule has 2 heterocycles. The number of hydrogen-bond acceptors (Lipinski definition) is 17. The van der Waals surface area contributed by atoms with E-state index in [9.17, 15) is 24.0 Å². The molecular formula is C60H87N8O13PS2. The van der Waals surface area contributed by atoms with Gasteiger partial charge in [-0.15, -0.1) is 11.3 Å².